The standard InChI is InChI=1S/C41H34N10O2/c1-22-27-8-5-6-10-33(27)48-40(43-22)52-20-37-25(4)51-17-14-34-29(39(51)47-37)11-12-31(45-34)26-18-30-23(2)44-41(49-35(30)19-26)53-21-36-24(3)50-16-13-32-28(38(50)46-36)9-7-15-42-32/h5-17,26H,18-21H2,1-4H3. The number of imidazole rings is 2. The van der Waals surface area contributed by atoms with Crippen LogP contribution in [0.15, 0.2) is 79.3 Å². The van der Waals surface area contributed by atoms with Gasteiger partial charge in [0.05, 0.1) is 39.3 Å². The summed E-state index contributed by atoms with van der Waals surface area (Å²) in [5, 5.41) is 3.00. The van der Waals surface area contributed by atoms with Crippen LogP contribution in [0.5, 0.6) is 12.0 Å². The minimum absolute atomic E-state index is 0.187. The molecule has 8 heterocycles. The van der Waals surface area contributed by atoms with Gasteiger partial charge in [-0.25, -0.2) is 15.0 Å². The van der Waals surface area contributed by atoms with Crippen LogP contribution in [0.2, 0.25) is 0 Å². The highest BCUT2D eigenvalue weighted by Gasteiger charge is 2.29. The van der Waals surface area contributed by atoms with Crippen molar-refractivity contribution >= 4 is 44.0 Å². The average Bonchev–Trinajstić information content (AvgIpc) is 3.86. The van der Waals surface area contributed by atoms with Gasteiger partial charge in [-0.3, -0.25) is 9.97 Å². The van der Waals surface area contributed by atoms with E-state index in [-0.39, 0.29) is 19.1 Å². The lowest BCUT2D eigenvalue weighted by Gasteiger charge is -2.10. The average molecular weight is 699 g/mol. The van der Waals surface area contributed by atoms with Crippen molar-refractivity contribution in [2.24, 2.45) is 0 Å². The third kappa shape index (κ3) is 5.20. The number of hydrogen-bond donors (Lipinski definition) is 0. The Bertz CT molecular complexity index is 2930. The molecule has 0 aliphatic heterocycles. The maximum atomic E-state index is 6.18. The Kier molecular flexibility index (Phi) is 7.07. The first-order valence-corrected chi connectivity index (χ1v) is 17.7. The molecule has 9 aromatic rings. The molecule has 0 bridgehead atoms. The molecule has 1 aliphatic carbocycles. The Labute approximate surface area is 303 Å². The second-order valence-corrected chi connectivity index (χ2v) is 13.7. The van der Waals surface area contributed by atoms with Gasteiger partial charge in [-0.05, 0) is 88.6 Å². The Morgan fingerprint density at radius 3 is 2.00 bits per heavy atom. The zero-order valence-electron chi connectivity index (χ0n) is 29.7. The van der Waals surface area contributed by atoms with E-state index in [4.69, 9.17) is 34.4 Å². The summed E-state index contributed by atoms with van der Waals surface area (Å²) in [7, 11) is 0. The number of aryl methyl sites for hydroxylation is 4. The minimum atomic E-state index is 0.187. The number of ether oxygens (including phenoxy) is 2. The van der Waals surface area contributed by atoms with Crippen molar-refractivity contribution in [2.75, 3.05) is 0 Å². The van der Waals surface area contributed by atoms with Gasteiger partial charge < -0.3 is 18.3 Å². The zero-order chi connectivity index (χ0) is 35.8. The molecule has 1 aromatic carbocycles. The fourth-order valence-corrected chi connectivity index (χ4v) is 7.63. The van der Waals surface area contributed by atoms with Crippen molar-refractivity contribution in [3.63, 3.8) is 0 Å². The summed E-state index contributed by atoms with van der Waals surface area (Å²) < 4.78 is 16.4. The monoisotopic (exact) mass is 698 g/mol. The topological polar surface area (TPSA) is 130 Å². The van der Waals surface area contributed by atoms with Gasteiger partial charge in [0.1, 0.15) is 24.5 Å². The van der Waals surface area contributed by atoms with E-state index in [0.717, 1.165) is 102 Å². The van der Waals surface area contributed by atoms with E-state index < -0.39 is 0 Å². The van der Waals surface area contributed by atoms with Crippen LogP contribution in [0.25, 0.3) is 44.0 Å². The molecule has 1 atom stereocenters. The van der Waals surface area contributed by atoms with Crippen molar-refractivity contribution in [3.8, 4) is 12.0 Å². The lowest BCUT2D eigenvalue weighted by molar-refractivity contribution is 0.274. The first-order valence-electron chi connectivity index (χ1n) is 17.7. The fourth-order valence-electron chi connectivity index (χ4n) is 7.63. The molecule has 53 heavy (non-hydrogen) atoms. The van der Waals surface area contributed by atoms with Crippen LogP contribution in [-0.2, 0) is 26.1 Å². The summed E-state index contributed by atoms with van der Waals surface area (Å²) >= 11 is 0. The molecule has 0 saturated carbocycles. The van der Waals surface area contributed by atoms with Crippen LogP contribution in [0.3, 0.4) is 0 Å². The molecule has 1 unspecified atom stereocenters. The maximum absolute atomic E-state index is 6.18. The highest BCUT2D eigenvalue weighted by molar-refractivity contribution is 5.92. The van der Waals surface area contributed by atoms with Crippen LogP contribution in [0.4, 0.5) is 0 Å². The number of nitrogens with zero attached hydrogens (tertiary/aromatic N) is 10. The first kappa shape index (κ1) is 31.2. The predicted octanol–water partition coefficient (Wildman–Crippen LogP) is 7.09. The van der Waals surface area contributed by atoms with Gasteiger partial charge >= 0.3 is 12.0 Å². The maximum Gasteiger partial charge on any atom is 0.317 e. The van der Waals surface area contributed by atoms with E-state index in [1.165, 1.54) is 5.56 Å². The molecule has 0 amide bonds. The van der Waals surface area contributed by atoms with E-state index in [1.54, 1.807) is 6.20 Å². The molecule has 12 nitrogen and oxygen atoms in total. The van der Waals surface area contributed by atoms with Gasteiger partial charge in [0.15, 0.2) is 0 Å². The summed E-state index contributed by atoms with van der Waals surface area (Å²) in [5.74, 6) is 0.187. The smallest absolute Gasteiger partial charge is 0.317 e. The molecule has 0 radical (unpaired) electrons. The van der Waals surface area contributed by atoms with Crippen LogP contribution in [0.1, 0.15) is 57.0 Å². The third-order valence-corrected chi connectivity index (χ3v) is 10.6. The SMILES string of the molecule is Cc1nc(OCc2nc3c4cccnc4ccn3c2C)nc2c1CC(c1ccc3c(ccn4c(C)c(COc5nc(C)c6ccccc6n5)nc34)n1)C2. The number of fused-ring (bicyclic) bond motifs is 8. The zero-order valence-corrected chi connectivity index (χ0v) is 29.7. The number of aromatic nitrogens is 10. The van der Waals surface area contributed by atoms with E-state index in [2.05, 4.69) is 42.0 Å². The van der Waals surface area contributed by atoms with Gasteiger partial charge in [-0.2, -0.15) is 15.0 Å². The summed E-state index contributed by atoms with van der Waals surface area (Å²) in [5.41, 5.74) is 13.1. The lowest BCUT2D eigenvalue weighted by Crippen LogP contribution is -2.05. The molecular weight excluding hydrogens is 665 g/mol. The summed E-state index contributed by atoms with van der Waals surface area (Å²) in [6, 6.07) is 20.9. The minimum Gasteiger partial charge on any atom is -0.457 e. The molecule has 12 heteroatoms. The van der Waals surface area contributed by atoms with Gasteiger partial charge in [-0.15, -0.1) is 0 Å². The quantitative estimate of drug-likeness (QED) is 0.170. The van der Waals surface area contributed by atoms with E-state index in [9.17, 15) is 0 Å². The largest absolute Gasteiger partial charge is 0.457 e. The van der Waals surface area contributed by atoms with Gasteiger partial charge in [0.2, 0.25) is 0 Å². The van der Waals surface area contributed by atoms with Gasteiger partial charge in [0, 0.05) is 63.4 Å². The molecule has 0 spiro atoms. The van der Waals surface area contributed by atoms with E-state index >= 15 is 0 Å². The molecule has 1 aliphatic rings. The van der Waals surface area contributed by atoms with Crippen LogP contribution in [-0.4, -0.2) is 48.7 Å². The number of rotatable bonds is 7. The number of pyridine rings is 4. The third-order valence-electron chi connectivity index (χ3n) is 10.6. The summed E-state index contributed by atoms with van der Waals surface area (Å²) in [4.78, 5) is 38.3. The molecule has 260 valence electrons. The van der Waals surface area contributed by atoms with E-state index in [1.807, 2.05) is 82.6 Å². The van der Waals surface area contributed by atoms with E-state index in [0.29, 0.717) is 12.0 Å². The highest BCUT2D eigenvalue weighted by Crippen LogP contribution is 2.36. The number of benzene rings is 1. The molecule has 8 aromatic heterocycles. The summed E-state index contributed by atoms with van der Waals surface area (Å²) in [6.45, 7) is 8.63. The Morgan fingerprint density at radius 1 is 0.585 bits per heavy atom. The van der Waals surface area contributed by atoms with Crippen LogP contribution in [0, 0.1) is 27.7 Å². The Balaban J connectivity index is 0.870. The molecule has 10 rings (SSSR count). The first-order chi connectivity index (χ1) is 25.9. The van der Waals surface area contributed by atoms with Crippen molar-refractivity contribution < 1.29 is 9.47 Å². The second-order valence-electron chi connectivity index (χ2n) is 13.7. The number of para-hydroxylation sites is 1. The molecule has 0 fully saturated rings. The predicted molar refractivity (Wildman–Crippen MR) is 200 cm³/mol. The normalized spacial score (nSPS) is 14.2. The molecule has 0 saturated heterocycles. The van der Waals surface area contributed by atoms with Crippen molar-refractivity contribution in [2.45, 2.75) is 59.7 Å². The summed E-state index contributed by atoms with van der Waals surface area (Å²) in [6.07, 6.45) is 7.43. The highest BCUT2D eigenvalue weighted by atomic mass is 16.5. The van der Waals surface area contributed by atoms with Gasteiger partial charge in [0.25, 0.3) is 0 Å². The van der Waals surface area contributed by atoms with Crippen molar-refractivity contribution in [1.29, 1.82) is 0 Å². The van der Waals surface area contributed by atoms with Crippen molar-refractivity contribution in [3.05, 3.63) is 130 Å². The Hall–Kier alpha value is -6.56. The molecule has 0 N–H and O–H groups in total. The number of hydrogen-bond acceptors (Lipinski definition) is 10. The second kappa shape index (κ2) is 12.0. The Morgan fingerprint density at radius 2 is 1.23 bits per heavy atom. The fraction of sp³-hybridized carbons (Fsp3) is 0.220. The molecular formula is C41H34N10O2. The van der Waals surface area contributed by atoms with Crippen LogP contribution < -0.4 is 9.47 Å². The van der Waals surface area contributed by atoms with Crippen LogP contribution >= 0.6 is 0 Å². The van der Waals surface area contributed by atoms with Gasteiger partial charge in [-0.1, -0.05) is 18.2 Å². The lowest BCUT2D eigenvalue weighted by atomic mass is 10.0. The van der Waals surface area contributed by atoms with Crippen molar-refractivity contribution in [1.82, 2.24) is 48.7 Å².